The molecule has 3 saturated heterocycles. The van der Waals surface area contributed by atoms with E-state index in [1.54, 1.807) is 20.8 Å². The van der Waals surface area contributed by atoms with Gasteiger partial charge in [-0.3, -0.25) is 19.3 Å². The highest BCUT2D eigenvalue weighted by Crippen LogP contribution is 2.78. The maximum Gasteiger partial charge on any atom is 0.341 e. The molecule has 4 aliphatic carbocycles. The number of carbonyl (C=O) groups excluding carboxylic acids is 4. The van der Waals surface area contributed by atoms with Crippen LogP contribution >= 0.6 is 0 Å². The first kappa shape index (κ1) is 42.7. The van der Waals surface area contributed by atoms with Crippen LogP contribution in [0.4, 0.5) is 0 Å². The van der Waals surface area contributed by atoms with E-state index in [0.717, 1.165) is 27.2 Å². The first-order valence-corrected chi connectivity index (χ1v) is 20.8. The Balaban J connectivity index is 1.45. The molecule has 0 aromatic heterocycles. The molecule has 322 valence electrons. The molecule has 7 rings (SSSR count). The number of nitrogens with zero attached hydrogens (tertiary/aromatic N) is 1. The summed E-state index contributed by atoms with van der Waals surface area (Å²) < 4.78 is 31.1. The highest BCUT2D eigenvalue weighted by atomic mass is 16.7. The lowest BCUT2D eigenvalue weighted by Crippen LogP contribution is -2.78. The third-order valence-corrected chi connectivity index (χ3v) is 16.1. The first-order chi connectivity index (χ1) is 26.3. The van der Waals surface area contributed by atoms with Gasteiger partial charge in [0.2, 0.25) is 5.79 Å². The van der Waals surface area contributed by atoms with Crippen LogP contribution in [0, 0.1) is 46.8 Å². The molecular formula is C41H63NO15. The van der Waals surface area contributed by atoms with Crippen LogP contribution in [0.3, 0.4) is 0 Å². The van der Waals surface area contributed by atoms with Crippen molar-refractivity contribution in [2.45, 2.75) is 172 Å². The van der Waals surface area contributed by atoms with Crippen LogP contribution in [0.25, 0.3) is 0 Å². The molecule has 7 fully saturated rings. The summed E-state index contributed by atoms with van der Waals surface area (Å²) in [6.07, 6.45) is -7.41. The summed E-state index contributed by atoms with van der Waals surface area (Å²) in [6, 6.07) is -0.329. The second-order valence-corrected chi connectivity index (χ2v) is 19.4. The zero-order chi connectivity index (χ0) is 42.2. The Morgan fingerprint density at radius 1 is 0.930 bits per heavy atom. The molecule has 7 aliphatic rings. The van der Waals surface area contributed by atoms with Crippen LogP contribution in [-0.2, 0) is 42.9 Å². The van der Waals surface area contributed by atoms with Crippen molar-refractivity contribution in [1.29, 1.82) is 0 Å². The van der Waals surface area contributed by atoms with E-state index in [1.807, 2.05) is 6.92 Å². The molecule has 0 aromatic rings. The minimum absolute atomic E-state index is 0.0170. The Labute approximate surface area is 333 Å². The Kier molecular flexibility index (Phi) is 10.3. The predicted molar refractivity (Wildman–Crippen MR) is 196 cm³/mol. The third-order valence-electron chi connectivity index (χ3n) is 16.1. The largest absolute Gasteiger partial charge is 0.458 e. The van der Waals surface area contributed by atoms with Crippen LogP contribution in [0.15, 0.2) is 0 Å². The average molecular weight is 810 g/mol. The zero-order valence-electron chi connectivity index (χ0n) is 34.5. The van der Waals surface area contributed by atoms with Gasteiger partial charge in [0, 0.05) is 44.3 Å². The molecule has 57 heavy (non-hydrogen) atoms. The zero-order valence-corrected chi connectivity index (χ0v) is 34.5. The SMILES string of the molecule is CC[C@@H](C)C(=O)O[C@H]1[C@H](O)[C@H]2[C@@H](CN3C[C@@H](C)CC[C@H]3[C@@]2(C)O)[C@@H]2C[C@]34O[C@]5(O)[C@@H](OC(=O)[C@](C)(O)[C@@H](C)O)CC[C@@]3(C)[C@@H]5[C@@H](OC(C)=O)[C@@H](OC(C)=O)[C@H]4[C@@]21O. The maximum absolute atomic E-state index is 13.9. The maximum atomic E-state index is 13.9. The Morgan fingerprint density at radius 3 is 2.12 bits per heavy atom. The number of aliphatic hydroxyl groups excluding tert-OH is 2. The van der Waals surface area contributed by atoms with Gasteiger partial charge in [-0.15, -0.1) is 0 Å². The molecule has 3 heterocycles. The number of hydrogen-bond acceptors (Lipinski definition) is 16. The quantitative estimate of drug-likeness (QED) is 0.145. The van der Waals surface area contributed by atoms with Gasteiger partial charge in [0.15, 0.2) is 17.8 Å². The molecule has 4 saturated carbocycles. The molecule has 3 aliphatic heterocycles. The van der Waals surface area contributed by atoms with Gasteiger partial charge < -0.3 is 54.3 Å². The van der Waals surface area contributed by atoms with Crippen molar-refractivity contribution in [3.8, 4) is 0 Å². The van der Waals surface area contributed by atoms with Gasteiger partial charge in [0.1, 0.15) is 17.8 Å². The minimum atomic E-state index is -2.47. The lowest BCUT2D eigenvalue weighted by molar-refractivity contribution is -0.301. The molecule has 1 spiro atoms. The lowest BCUT2D eigenvalue weighted by atomic mass is 9.48. The van der Waals surface area contributed by atoms with Crippen LogP contribution < -0.4 is 0 Å². The van der Waals surface area contributed by atoms with Crippen molar-refractivity contribution < 1.29 is 73.5 Å². The van der Waals surface area contributed by atoms with E-state index >= 15 is 0 Å². The highest BCUT2D eigenvalue weighted by Gasteiger charge is 2.90. The molecular weight excluding hydrogens is 746 g/mol. The highest BCUT2D eigenvalue weighted by molar-refractivity contribution is 5.79. The normalized spacial score (nSPS) is 50.4. The number of rotatable bonds is 8. The number of aliphatic hydroxyl groups is 6. The van der Waals surface area contributed by atoms with Gasteiger partial charge in [-0.2, -0.15) is 0 Å². The summed E-state index contributed by atoms with van der Waals surface area (Å²) in [5, 5.41) is 73.2. The number of fused-ring (bicyclic) bond motifs is 5. The van der Waals surface area contributed by atoms with Gasteiger partial charge in [-0.05, 0) is 77.0 Å². The Bertz CT molecular complexity index is 1650. The number of esters is 4. The van der Waals surface area contributed by atoms with Crippen LogP contribution in [0.1, 0.15) is 101 Å². The van der Waals surface area contributed by atoms with Crippen molar-refractivity contribution in [3.63, 3.8) is 0 Å². The molecule has 6 N–H and O–H groups in total. The Hall–Kier alpha value is -2.44. The van der Waals surface area contributed by atoms with Crippen molar-refractivity contribution >= 4 is 23.9 Å². The van der Waals surface area contributed by atoms with Gasteiger partial charge in [-0.25, -0.2) is 4.79 Å². The summed E-state index contributed by atoms with van der Waals surface area (Å²) in [4.78, 5) is 55.6. The summed E-state index contributed by atoms with van der Waals surface area (Å²) in [7, 11) is 0. The average Bonchev–Trinajstić information content (AvgIpc) is 3.40. The smallest absolute Gasteiger partial charge is 0.341 e. The van der Waals surface area contributed by atoms with Gasteiger partial charge in [0.25, 0.3) is 0 Å². The van der Waals surface area contributed by atoms with Crippen LogP contribution in [-0.4, -0.2) is 143 Å². The van der Waals surface area contributed by atoms with E-state index < -0.39 is 130 Å². The summed E-state index contributed by atoms with van der Waals surface area (Å²) in [5.74, 6) is -11.5. The number of ether oxygens (including phenoxy) is 5. The monoisotopic (exact) mass is 809 g/mol. The number of hydrogen-bond donors (Lipinski definition) is 6. The van der Waals surface area contributed by atoms with Crippen molar-refractivity contribution in [2.75, 3.05) is 13.1 Å². The fraction of sp³-hybridized carbons (Fsp3) is 0.902. The molecule has 20 atom stereocenters. The Morgan fingerprint density at radius 2 is 1.54 bits per heavy atom. The molecule has 16 nitrogen and oxygen atoms in total. The van der Waals surface area contributed by atoms with E-state index in [1.165, 1.54) is 6.92 Å². The van der Waals surface area contributed by atoms with E-state index in [4.69, 9.17) is 23.7 Å². The topological polar surface area (TPSA) is 239 Å². The van der Waals surface area contributed by atoms with Crippen LogP contribution in [0.2, 0.25) is 0 Å². The van der Waals surface area contributed by atoms with Gasteiger partial charge in [-0.1, -0.05) is 27.7 Å². The van der Waals surface area contributed by atoms with Crippen molar-refractivity contribution in [1.82, 2.24) is 4.90 Å². The number of piperidine rings is 2. The van der Waals surface area contributed by atoms with E-state index in [2.05, 4.69) is 11.8 Å². The standard InChI is InChI=1S/C41H63NO15/c1-10-19(3)34(47)56-33-28(46)27-23(17-42-16-18(2)11-12-25(42)38(27,9)50)24-15-39-32(40(24,33)51)30(54-22(6)45)29(53-21(5)44)31-36(39,7)14-13-26(41(31,52)57-39)55-35(48)37(8,49)20(4)43/h18-20,23-33,43,46,49-52H,10-17H2,1-9H3/t18-,19+,20+,23-,24-,25-,26-,27+,28+,29-,30+,31-,32+,33-,36-,37+,38+,39+,40-,41+/m0/s1. The fourth-order valence-corrected chi connectivity index (χ4v) is 13.1. The van der Waals surface area contributed by atoms with Crippen molar-refractivity contribution in [2.24, 2.45) is 46.8 Å². The summed E-state index contributed by atoms with van der Waals surface area (Å²) in [5.41, 5.74) is -9.03. The summed E-state index contributed by atoms with van der Waals surface area (Å²) >= 11 is 0. The molecule has 0 radical (unpaired) electrons. The molecule has 4 bridgehead atoms. The van der Waals surface area contributed by atoms with E-state index in [0.29, 0.717) is 31.8 Å². The van der Waals surface area contributed by atoms with E-state index in [-0.39, 0.29) is 25.3 Å². The third kappa shape index (κ3) is 5.81. The first-order valence-electron chi connectivity index (χ1n) is 20.8. The second kappa shape index (κ2) is 13.8. The molecule has 0 aromatic carbocycles. The minimum Gasteiger partial charge on any atom is -0.458 e. The van der Waals surface area contributed by atoms with Gasteiger partial charge >= 0.3 is 23.9 Å². The van der Waals surface area contributed by atoms with E-state index in [9.17, 15) is 49.8 Å². The number of carbonyl (C=O) groups is 4. The molecule has 0 amide bonds. The van der Waals surface area contributed by atoms with Gasteiger partial charge in [0.05, 0.1) is 41.2 Å². The predicted octanol–water partition coefficient (Wildman–Crippen LogP) is 0.578. The van der Waals surface area contributed by atoms with Crippen molar-refractivity contribution in [3.05, 3.63) is 0 Å². The summed E-state index contributed by atoms with van der Waals surface area (Å²) in [6.45, 7) is 14.7. The fourth-order valence-electron chi connectivity index (χ4n) is 13.1. The molecule has 16 heteroatoms. The van der Waals surface area contributed by atoms with Crippen LogP contribution in [0.5, 0.6) is 0 Å². The molecule has 0 unspecified atom stereocenters. The second-order valence-electron chi connectivity index (χ2n) is 19.4. The lowest BCUT2D eigenvalue weighted by Gasteiger charge is -2.64.